The monoisotopic (exact) mass is 269 g/mol. The second kappa shape index (κ2) is 4.49. The Morgan fingerprint density at radius 2 is 1.80 bits per heavy atom. The normalized spacial score (nSPS) is 20.8. The number of fused-ring (bicyclic) bond motifs is 1. The van der Waals surface area contributed by atoms with Gasteiger partial charge in [-0.3, -0.25) is 0 Å². The number of rotatable bonds is 1. The van der Waals surface area contributed by atoms with E-state index in [1.165, 1.54) is 22.5 Å². The van der Waals surface area contributed by atoms with Crippen molar-refractivity contribution in [1.29, 1.82) is 0 Å². The van der Waals surface area contributed by atoms with Crippen LogP contribution in [0.5, 0.6) is 0 Å². The zero-order chi connectivity index (χ0) is 14.5. The van der Waals surface area contributed by atoms with E-state index < -0.39 is 0 Å². The van der Waals surface area contributed by atoms with Crippen LogP contribution >= 0.6 is 0 Å². The lowest BCUT2D eigenvalue weighted by molar-refractivity contribution is 0.0987. The standard InChI is InChI=1S/C18H23NO/c1-12-7-13(2)9-14(8-12)19-6-5-15-16(19)10-18(3,4)11-17(15)20/h5-9,17,20H,10-11H2,1-4H3. The first-order chi connectivity index (χ1) is 9.35. The molecule has 0 radical (unpaired) electrons. The average Bonchev–Trinajstić information content (AvgIpc) is 2.69. The van der Waals surface area contributed by atoms with Crippen LogP contribution in [0.1, 0.15) is 48.8 Å². The maximum absolute atomic E-state index is 10.4. The minimum atomic E-state index is -0.332. The van der Waals surface area contributed by atoms with Gasteiger partial charge in [-0.1, -0.05) is 19.9 Å². The predicted molar refractivity (Wildman–Crippen MR) is 82.3 cm³/mol. The van der Waals surface area contributed by atoms with Crippen molar-refractivity contribution in [1.82, 2.24) is 4.57 Å². The number of hydrogen-bond acceptors (Lipinski definition) is 1. The quantitative estimate of drug-likeness (QED) is 0.828. The van der Waals surface area contributed by atoms with Crippen LogP contribution in [0, 0.1) is 19.3 Å². The maximum atomic E-state index is 10.4. The molecule has 1 heterocycles. The van der Waals surface area contributed by atoms with Crippen molar-refractivity contribution in [2.75, 3.05) is 0 Å². The minimum absolute atomic E-state index is 0.154. The maximum Gasteiger partial charge on any atom is 0.0812 e. The first-order valence-electron chi connectivity index (χ1n) is 7.33. The van der Waals surface area contributed by atoms with E-state index in [0.29, 0.717) is 0 Å². The molecule has 2 aromatic rings. The third kappa shape index (κ3) is 2.29. The summed E-state index contributed by atoms with van der Waals surface area (Å²) >= 11 is 0. The zero-order valence-electron chi connectivity index (χ0n) is 12.8. The summed E-state index contributed by atoms with van der Waals surface area (Å²) in [7, 11) is 0. The number of aliphatic hydroxyl groups is 1. The van der Waals surface area contributed by atoms with E-state index in [1.54, 1.807) is 0 Å². The Morgan fingerprint density at radius 1 is 1.15 bits per heavy atom. The van der Waals surface area contributed by atoms with Crippen molar-refractivity contribution in [2.45, 2.75) is 46.6 Å². The third-order valence-corrected chi connectivity index (χ3v) is 4.26. The molecule has 0 fully saturated rings. The molecule has 0 saturated carbocycles. The number of aryl methyl sites for hydroxylation is 2. The van der Waals surface area contributed by atoms with E-state index in [2.05, 4.69) is 62.7 Å². The SMILES string of the molecule is Cc1cc(C)cc(-n2ccc3c2CC(C)(C)CC3O)c1. The fourth-order valence-corrected chi connectivity index (χ4v) is 3.46. The predicted octanol–water partition coefficient (Wildman–Crippen LogP) is 4.10. The van der Waals surface area contributed by atoms with E-state index in [-0.39, 0.29) is 11.5 Å². The molecule has 0 spiro atoms. The molecule has 3 rings (SSSR count). The molecule has 20 heavy (non-hydrogen) atoms. The Morgan fingerprint density at radius 3 is 2.45 bits per heavy atom. The minimum Gasteiger partial charge on any atom is -0.388 e. The van der Waals surface area contributed by atoms with Gasteiger partial charge in [0.2, 0.25) is 0 Å². The molecular weight excluding hydrogens is 246 g/mol. The zero-order valence-corrected chi connectivity index (χ0v) is 12.8. The molecule has 1 aliphatic rings. The van der Waals surface area contributed by atoms with Crippen LogP contribution in [0.4, 0.5) is 0 Å². The van der Waals surface area contributed by atoms with Crippen molar-refractivity contribution >= 4 is 0 Å². The van der Waals surface area contributed by atoms with E-state index >= 15 is 0 Å². The molecule has 106 valence electrons. The van der Waals surface area contributed by atoms with Crippen molar-refractivity contribution in [2.24, 2.45) is 5.41 Å². The first kappa shape index (κ1) is 13.4. The van der Waals surface area contributed by atoms with Crippen LogP contribution in [0.15, 0.2) is 30.5 Å². The number of aliphatic hydroxyl groups excluding tert-OH is 1. The Hall–Kier alpha value is -1.54. The van der Waals surface area contributed by atoms with E-state index in [0.717, 1.165) is 18.4 Å². The third-order valence-electron chi connectivity index (χ3n) is 4.26. The van der Waals surface area contributed by atoms with Gasteiger partial charge in [0.05, 0.1) is 6.10 Å². The summed E-state index contributed by atoms with van der Waals surface area (Å²) in [6, 6.07) is 8.69. The lowest BCUT2D eigenvalue weighted by atomic mass is 9.75. The average molecular weight is 269 g/mol. The number of nitrogens with zero attached hydrogens (tertiary/aromatic N) is 1. The molecule has 0 aliphatic heterocycles. The molecule has 1 aromatic heterocycles. The van der Waals surface area contributed by atoms with Crippen molar-refractivity contribution in [3.8, 4) is 5.69 Å². The topological polar surface area (TPSA) is 25.2 Å². The lowest BCUT2D eigenvalue weighted by Gasteiger charge is -2.34. The Kier molecular flexibility index (Phi) is 3.02. The smallest absolute Gasteiger partial charge is 0.0812 e. The second-order valence-electron chi connectivity index (χ2n) is 6.99. The molecular formula is C18H23NO. The van der Waals surface area contributed by atoms with E-state index in [1.807, 2.05) is 0 Å². The number of hydrogen-bond donors (Lipinski definition) is 1. The van der Waals surface area contributed by atoms with Crippen LogP contribution in [0.2, 0.25) is 0 Å². The summed E-state index contributed by atoms with van der Waals surface area (Å²) in [6.45, 7) is 8.73. The molecule has 1 N–H and O–H groups in total. The Balaban J connectivity index is 2.13. The number of benzene rings is 1. The van der Waals surface area contributed by atoms with Gasteiger partial charge in [-0.25, -0.2) is 0 Å². The highest BCUT2D eigenvalue weighted by molar-refractivity contribution is 5.44. The summed E-state index contributed by atoms with van der Waals surface area (Å²) in [6.07, 6.45) is 3.63. The lowest BCUT2D eigenvalue weighted by Crippen LogP contribution is -2.26. The van der Waals surface area contributed by atoms with E-state index in [4.69, 9.17) is 0 Å². The summed E-state index contributed by atoms with van der Waals surface area (Å²) < 4.78 is 2.25. The molecule has 2 heteroatoms. The van der Waals surface area contributed by atoms with Crippen molar-refractivity contribution in [3.05, 3.63) is 52.8 Å². The summed E-state index contributed by atoms with van der Waals surface area (Å²) in [5, 5.41) is 10.4. The molecule has 1 aromatic carbocycles. The van der Waals surface area contributed by atoms with Crippen LogP contribution in [-0.4, -0.2) is 9.67 Å². The van der Waals surface area contributed by atoms with Gasteiger partial charge in [-0.2, -0.15) is 0 Å². The van der Waals surface area contributed by atoms with E-state index in [9.17, 15) is 5.11 Å². The summed E-state index contributed by atoms with van der Waals surface area (Å²) in [5.41, 5.74) is 6.27. The van der Waals surface area contributed by atoms with Gasteiger partial charge in [-0.15, -0.1) is 0 Å². The second-order valence-corrected chi connectivity index (χ2v) is 6.99. The van der Waals surface area contributed by atoms with Crippen molar-refractivity contribution in [3.63, 3.8) is 0 Å². The molecule has 0 bridgehead atoms. The van der Waals surface area contributed by atoms with Crippen LogP contribution in [0.3, 0.4) is 0 Å². The Bertz CT molecular complexity index is 631. The Labute approximate surface area is 121 Å². The van der Waals surface area contributed by atoms with Crippen molar-refractivity contribution < 1.29 is 5.11 Å². The first-order valence-corrected chi connectivity index (χ1v) is 7.33. The van der Waals surface area contributed by atoms with Gasteiger partial charge in [0.25, 0.3) is 0 Å². The van der Waals surface area contributed by atoms with Crippen LogP contribution in [-0.2, 0) is 6.42 Å². The molecule has 1 atom stereocenters. The highest BCUT2D eigenvalue weighted by Crippen LogP contribution is 2.41. The molecule has 1 aliphatic carbocycles. The highest BCUT2D eigenvalue weighted by Gasteiger charge is 2.33. The van der Waals surface area contributed by atoms with Gasteiger partial charge in [0, 0.05) is 23.1 Å². The van der Waals surface area contributed by atoms with Gasteiger partial charge < -0.3 is 9.67 Å². The fourth-order valence-electron chi connectivity index (χ4n) is 3.46. The molecule has 0 saturated heterocycles. The molecule has 2 nitrogen and oxygen atoms in total. The summed E-state index contributed by atoms with van der Waals surface area (Å²) in [5.74, 6) is 0. The fraction of sp³-hybridized carbons (Fsp3) is 0.444. The van der Waals surface area contributed by atoms with Crippen LogP contribution in [0.25, 0.3) is 5.69 Å². The van der Waals surface area contributed by atoms with Crippen LogP contribution < -0.4 is 0 Å². The highest BCUT2D eigenvalue weighted by atomic mass is 16.3. The van der Waals surface area contributed by atoms with Gasteiger partial charge in [-0.05, 0) is 61.4 Å². The van der Waals surface area contributed by atoms with Gasteiger partial charge >= 0.3 is 0 Å². The van der Waals surface area contributed by atoms with Gasteiger partial charge in [0.15, 0.2) is 0 Å². The largest absolute Gasteiger partial charge is 0.388 e. The summed E-state index contributed by atoms with van der Waals surface area (Å²) in [4.78, 5) is 0. The number of aromatic nitrogens is 1. The molecule has 0 amide bonds. The molecule has 1 unspecified atom stereocenters. The van der Waals surface area contributed by atoms with Gasteiger partial charge in [0.1, 0.15) is 0 Å².